The summed E-state index contributed by atoms with van der Waals surface area (Å²) in [6.07, 6.45) is 7.62. The van der Waals surface area contributed by atoms with Crippen molar-refractivity contribution in [2.45, 2.75) is 6.92 Å². The number of fused-ring (bicyclic) bond motifs is 1. The average molecular weight is 257 g/mol. The van der Waals surface area contributed by atoms with Crippen molar-refractivity contribution in [2.24, 2.45) is 0 Å². The predicted octanol–water partition coefficient (Wildman–Crippen LogP) is 2.31. The van der Waals surface area contributed by atoms with Gasteiger partial charge in [0.15, 0.2) is 5.82 Å². The molecule has 0 aliphatic heterocycles. The first kappa shape index (κ1) is 13.0. The maximum absolute atomic E-state index is 6.05. The van der Waals surface area contributed by atoms with Crippen molar-refractivity contribution in [3.05, 3.63) is 49.5 Å². The van der Waals surface area contributed by atoms with E-state index in [-0.39, 0.29) is 0 Å². The number of aromatic nitrogens is 2. The molecule has 5 nitrogen and oxygen atoms in total. The second-order valence-electron chi connectivity index (χ2n) is 4.12. The maximum atomic E-state index is 6.05. The van der Waals surface area contributed by atoms with Crippen LogP contribution in [0.1, 0.15) is 6.92 Å². The summed E-state index contributed by atoms with van der Waals surface area (Å²) in [4.78, 5) is 2.00. The highest BCUT2D eigenvalue weighted by atomic mass is 15.3. The van der Waals surface area contributed by atoms with Crippen molar-refractivity contribution in [3.8, 4) is 0 Å². The van der Waals surface area contributed by atoms with E-state index in [2.05, 4.69) is 17.0 Å². The zero-order valence-corrected chi connectivity index (χ0v) is 11.1. The molecule has 5 heteroatoms. The summed E-state index contributed by atoms with van der Waals surface area (Å²) in [5.41, 5.74) is 7.65. The zero-order valence-electron chi connectivity index (χ0n) is 11.1. The third-order valence-electron chi connectivity index (χ3n) is 2.82. The largest absolute Gasteiger partial charge is 0.394 e. The van der Waals surface area contributed by atoms with Gasteiger partial charge in [0.25, 0.3) is 0 Å². The van der Waals surface area contributed by atoms with E-state index in [1.54, 1.807) is 10.7 Å². The number of nitrogens with one attached hydrogen (secondary N) is 1. The van der Waals surface area contributed by atoms with Gasteiger partial charge in [-0.15, -0.1) is 5.10 Å². The van der Waals surface area contributed by atoms with Crippen LogP contribution in [-0.4, -0.2) is 27.6 Å². The molecular weight excluding hydrogens is 238 g/mol. The molecule has 0 spiro atoms. The zero-order chi connectivity index (χ0) is 13.7. The van der Waals surface area contributed by atoms with E-state index in [0.29, 0.717) is 5.69 Å². The van der Waals surface area contributed by atoms with Crippen LogP contribution in [0, 0.1) is 0 Å². The normalized spacial score (nSPS) is 11.0. The molecule has 0 aliphatic carbocycles. The van der Waals surface area contributed by atoms with Gasteiger partial charge in [-0.05, 0) is 31.5 Å². The van der Waals surface area contributed by atoms with Crippen LogP contribution in [0.4, 0.5) is 11.5 Å². The molecule has 3 N–H and O–H groups in total. The summed E-state index contributed by atoms with van der Waals surface area (Å²) in [5.74, 6) is 0.718. The second kappa shape index (κ2) is 5.95. The van der Waals surface area contributed by atoms with Crippen LogP contribution >= 0.6 is 0 Å². The molecule has 0 fully saturated rings. The highest BCUT2D eigenvalue weighted by molar-refractivity contribution is 5.80. The van der Waals surface area contributed by atoms with Crippen LogP contribution < -0.4 is 11.1 Å². The monoisotopic (exact) mass is 257 g/mol. The lowest BCUT2D eigenvalue weighted by Crippen LogP contribution is -2.19. The Kier molecular flexibility index (Phi) is 4.07. The number of anilines is 2. The fraction of sp³-hybridized carbons (Fsp3) is 0.214. The number of hydrogen-bond acceptors (Lipinski definition) is 4. The number of allylic oxidation sites excluding steroid dienone is 1. The third kappa shape index (κ3) is 2.88. The van der Waals surface area contributed by atoms with Crippen LogP contribution in [0.25, 0.3) is 5.52 Å². The molecule has 2 rings (SSSR count). The Bertz CT molecular complexity index is 585. The summed E-state index contributed by atoms with van der Waals surface area (Å²) in [5, 5.41) is 7.64. The SMILES string of the molecule is C=CN(/C=C\C)CCNc1nn2ccccc2c1N. The number of nitrogen functional groups attached to an aromatic ring is 1. The summed E-state index contributed by atoms with van der Waals surface area (Å²) in [7, 11) is 0. The molecule has 2 aromatic heterocycles. The minimum Gasteiger partial charge on any atom is -0.394 e. The second-order valence-corrected chi connectivity index (χ2v) is 4.12. The molecule has 0 atom stereocenters. The minimum atomic E-state index is 0.678. The molecule has 19 heavy (non-hydrogen) atoms. The highest BCUT2D eigenvalue weighted by Gasteiger charge is 2.08. The molecule has 2 aromatic rings. The number of nitrogens with zero attached hydrogens (tertiary/aromatic N) is 3. The van der Waals surface area contributed by atoms with E-state index in [4.69, 9.17) is 5.73 Å². The van der Waals surface area contributed by atoms with E-state index in [1.807, 2.05) is 48.5 Å². The molecule has 0 unspecified atom stereocenters. The molecule has 0 radical (unpaired) electrons. The number of pyridine rings is 1. The van der Waals surface area contributed by atoms with Crippen molar-refractivity contribution < 1.29 is 0 Å². The molecule has 2 heterocycles. The van der Waals surface area contributed by atoms with Gasteiger partial charge in [0.05, 0.1) is 5.52 Å². The van der Waals surface area contributed by atoms with Crippen molar-refractivity contribution in [1.29, 1.82) is 0 Å². The smallest absolute Gasteiger partial charge is 0.172 e. The van der Waals surface area contributed by atoms with Crippen molar-refractivity contribution in [2.75, 3.05) is 24.1 Å². The standard InChI is InChI=1S/C14H19N5/c1-3-9-18(4-2)11-8-16-14-13(15)12-7-5-6-10-19(12)17-14/h3-7,9-10H,2,8,11,15H2,1H3,(H,16,17)/b9-3-. The summed E-state index contributed by atoms with van der Waals surface area (Å²) in [6.45, 7) is 7.28. The van der Waals surface area contributed by atoms with Crippen molar-refractivity contribution in [3.63, 3.8) is 0 Å². The fourth-order valence-electron chi connectivity index (χ4n) is 1.87. The molecule has 0 saturated carbocycles. The van der Waals surface area contributed by atoms with Crippen LogP contribution in [0.15, 0.2) is 49.5 Å². The molecule has 100 valence electrons. The minimum absolute atomic E-state index is 0.678. The predicted molar refractivity (Wildman–Crippen MR) is 79.8 cm³/mol. The van der Waals surface area contributed by atoms with Gasteiger partial charge in [-0.2, -0.15) is 0 Å². The molecule has 0 amide bonds. The van der Waals surface area contributed by atoms with Crippen LogP contribution in [0.5, 0.6) is 0 Å². The van der Waals surface area contributed by atoms with E-state index < -0.39 is 0 Å². The summed E-state index contributed by atoms with van der Waals surface area (Å²) < 4.78 is 1.77. The number of rotatable bonds is 6. The Hall–Kier alpha value is -2.43. The lowest BCUT2D eigenvalue weighted by atomic mass is 10.3. The van der Waals surface area contributed by atoms with Gasteiger partial charge in [0.2, 0.25) is 0 Å². The van der Waals surface area contributed by atoms with Gasteiger partial charge in [-0.3, -0.25) is 0 Å². The van der Waals surface area contributed by atoms with Crippen LogP contribution in [0.3, 0.4) is 0 Å². The lowest BCUT2D eigenvalue weighted by Gasteiger charge is -2.14. The van der Waals surface area contributed by atoms with E-state index in [0.717, 1.165) is 24.4 Å². The fourth-order valence-corrected chi connectivity index (χ4v) is 1.87. The molecule has 0 aromatic carbocycles. The first-order valence-electron chi connectivity index (χ1n) is 6.24. The van der Waals surface area contributed by atoms with Gasteiger partial charge >= 0.3 is 0 Å². The van der Waals surface area contributed by atoms with Crippen LogP contribution in [0.2, 0.25) is 0 Å². The van der Waals surface area contributed by atoms with Crippen LogP contribution in [-0.2, 0) is 0 Å². The van der Waals surface area contributed by atoms with Gasteiger partial charge in [-0.1, -0.05) is 18.7 Å². The highest BCUT2D eigenvalue weighted by Crippen LogP contribution is 2.22. The van der Waals surface area contributed by atoms with Crippen molar-refractivity contribution >= 4 is 17.0 Å². The summed E-state index contributed by atoms with van der Waals surface area (Å²) >= 11 is 0. The molecule has 0 aliphatic rings. The molecule has 0 bridgehead atoms. The van der Waals surface area contributed by atoms with Crippen molar-refractivity contribution in [1.82, 2.24) is 14.5 Å². The van der Waals surface area contributed by atoms with E-state index in [9.17, 15) is 0 Å². The third-order valence-corrected chi connectivity index (χ3v) is 2.82. The maximum Gasteiger partial charge on any atom is 0.172 e. The van der Waals surface area contributed by atoms with Gasteiger partial charge < -0.3 is 16.0 Å². The van der Waals surface area contributed by atoms with E-state index >= 15 is 0 Å². The Morgan fingerprint density at radius 3 is 3.05 bits per heavy atom. The summed E-state index contributed by atoms with van der Waals surface area (Å²) in [6, 6.07) is 5.82. The Labute approximate surface area is 113 Å². The number of hydrogen-bond donors (Lipinski definition) is 2. The number of nitrogens with two attached hydrogens (primary N) is 1. The first-order valence-corrected chi connectivity index (χ1v) is 6.24. The van der Waals surface area contributed by atoms with Gasteiger partial charge in [0, 0.05) is 19.3 Å². The topological polar surface area (TPSA) is 58.6 Å². The quantitative estimate of drug-likeness (QED) is 0.833. The average Bonchev–Trinajstić information content (AvgIpc) is 2.75. The molecule has 0 saturated heterocycles. The first-order chi connectivity index (χ1) is 9.26. The van der Waals surface area contributed by atoms with Gasteiger partial charge in [-0.25, -0.2) is 4.52 Å². The lowest BCUT2D eigenvalue weighted by molar-refractivity contribution is 0.524. The Balaban J connectivity index is 2.02. The molecular formula is C14H19N5. The van der Waals surface area contributed by atoms with E-state index in [1.165, 1.54) is 0 Å². The Morgan fingerprint density at radius 2 is 2.37 bits per heavy atom. The Morgan fingerprint density at radius 1 is 1.53 bits per heavy atom. The van der Waals surface area contributed by atoms with Gasteiger partial charge in [0.1, 0.15) is 5.69 Å².